The summed E-state index contributed by atoms with van der Waals surface area (Å²) in [6, 6.07) is 8.49. The van der Waals surface area contributed by atoms with E-state index in [1.165, 1.54) is 23.8 Å². The first-order valence-corrected chi connectivity index (χ1v) is 19.1. The zero-order valence-corrected chi connectivity index (χ0v) is 27.9. The molecule has 4 fully saturated rings. The van der Waals surface area contributed by atoms with Gasteiger partial charge < -0.3 is 14.5 Å². The Morgan fingerprint density at radius 3 is 2.30 bits per heavy atom. The fourth-order valence-electron chi connectivity index (χ4n) is 10.3. The highest BCUT2D eigenvalue weighted by atomic mass is 32.2. The quantitative estimate of drug-likeness (QED) is 0.310. The Balaban J connectivity index is 1.14. The van der Waals surface area contributed by atoms with Crippen LogP contribution in [0.25, 0.3) is 10.9 Å². The van der Waals surface area contributed by atoms with Crippen LogP contribution < -0.4 is 0 Å². The molecule has 7 rings (SSSR count). The Kier molecular flexibility index (Phi) is 7.97. The lowest BCUT2D eigenvalue weighted by molar-refractivity contribution is -0.165. The van der Waals surface area contributed by atoms with Gasteiger partial charge in [0.15, 0.2) is 0 Å². The number of aromatic amines is 1. The number of benzene rings is 1. The molecule has 44 heavy (non-hydrogen) atoms. The molecule has 1 unspecified atom stereocenters. The molecule has 0 amide bonds. The molecule has 0 radical (unpaired) electrons. The van der Waals surface area contributed by atoms with E-state index in [-0.39, 0.29) is 35.6 Å². The molecule has 242 valence electrons. The molecule has 0 saturated heterocycles. The van der Waals surface area contributed by atoms with Gasteiger partial charge in [-0.2, -0.15) is 4.31 Å². The maximum Gasteiger partial charge on any atom is 0.309 e. The van der Waals surface area contributed by atoms with E-state index in [0.29, 0.717) is 12.5 Å². The van der Waals surface area contributed by atoms with Crippen LogP contribution in [0.4, 0.5) is 0 Å². The Morgan fingerprint density at radius 2 is 1.64 bits per heavy atom. The first-order chi connectivity index (χ1) is 21.0. The smallest absolute Gasteiger partial charge is 0.309 e. The number of hydrogen-bond donors (Lipinski definition) is 1. The summed E-state index contributed by atoms with van der Waals surface area (Å²) in [5.41, 5.74) is 1.63. The van der Waals surface area contributed by atoms with Crippen LogP contribution in [0.3, 0.4) is 0 Å². The first kappa shape index (κ1) is 30.7. The fraction of sp³-hybridized carbons (Fsp3) is 0.750. The Morgan fingerprint density at radius 1 is 0.977 bits per heavy atom. The number of rotatable bonds is 8. The second-order valence-electron chi connectivity index (χ2n) is 15.5. The van der Waals surface area contributed by atoms with E-state index in [9.17, 15) is 13.2 Å². The third-order valence-electron chi connectivity index (χ3n) is 12.9. The lowest BCUT2D eigenvalue weighted by Gasteiger charge is -2.46. The molecule has 2 bridgehead atoms. The standard InChI is InChI=1S/C36H52N2O5S/c1-34(2)25-18-20-36(34,24-44(40,41)38(26-12-6-4-7-13-26)27-14-8-5-9-15-27)31(22-25)43-32(39)23-35(3)33-29(19-21-42-35)28-16-10-11-17-30(28)37-33/h10-11,16-17,25-27,31,37H,4-9,12-15,18-24H2,1-3H3/t25-,31-,35?,36-/m1/s1. The van der Waals surface area contributed by atoms with Crippen LogP contribution >= 0.6 is 0 Å². The number of ether oxygens (including phenoxy) is 2. The van der Waals surface area contributed by atoms with Gasteiger partial charge in [0.05, 0.1) is 24.5 Å². The van der Waals surface area contributed by atoms with Crippen molar-refractivity contribution in [2.45, 2.75) is 141 Å². The summed E-state index contributed by atoms with van der Waals surface area (Å²) >= 11 is 0. The van der Waals surface area contributed by atoms with E-state index < -0.39 is 27.1 Å². The van der Waals surface area contributed by atoms with Crippen molar-refractivity contribution in [3.8, 4) is 0 Å². The number of carbonyl (C=O) groups excluding carboxylic acids is 1. The number of esters is 1. The number of carbonyl (C=O) groups is 1. The summed E-state index contributed by atoms with van der Waals surface area (Å²) in [7, 11) is -3.57. The average molecular weight is 625 g/mol. The van der Waals surface area contributed by atoms with Gasteiger partial charge in [0, 0.05) is 28.4 Å². The van der Waals surface area contributed by atoms with Crippen LogP contribution in [0.1, 0.15) is 122 Å². The van der Waals surface area contributed by atoms with Crippen LogP contribution in [0.15, 0.2) is 24.3 Å². The van der Waals surface area contributed by atoms with Crippen molar-refractivity contribution in [3.05, 3.63) is 35.5 Å². The summed E-state index contributed by atoms with van der Waals surface area (Å²) in [4.78, 5) is 17.4. The number of H-pyrrole nitrogens is 1. The van der Waals surface area contributed by atoms with Crippen molar-refractivity contribution in [2.75, 3.05) is 12.4 Å². The maximum absolute atomic E-state index is 14.7. The van der Waals surface area contributed by atoms with Crippen LogP contribution in [0, 0.1) is 16.7 Å². The summed E-state index contributed by atoms with van der Waals surface area (Å²) in [5, 5.41) is 1.19. The van der Waals surface area contributed by atoms with E-state index >= 15 is 0 Å². The SMILES string of the molecule is CC1(CC(=O)O[C@@H]2C[C@H]3CC[C@]2(CS(=O)(=O)N(C2CCCCC2)C2CCCCC2)C3(C)C)OCCc2c1[nH]c1ccccc21. The second-order valence-corrected chi connectivity index (χ2v) is 17.4. The van der Waals surface area contributed by atoms with Crippen LogP contribution in [-0.4, -0.2) is 54.2 Å². The van der Waals surface area contributed by atoms with Crippen molar-refractivity contribution in [3.63, 3.8) is 0 Å². The van der Waals surface area contributed by atoms with Crippen LogP contribution in [0.5, 0.6) is 0 Å². The van der Waals surface area contributed by atoms with Gasteiger partial charge in [-0.1, -0.05) is 70.6 Å². The van der Waals surface area contributed by atoms with E-state index in [4.69, 9.17) is 9.47 Å². The minimum Gasteiger partial charge on any atom is -0.462 e. The van der Waals surface area contributed by atoms with Gasteiger partial charge in [-0.15, -0.1) is 0 Å². The lowest BCUT2D eigenvalue weighted by atomic mass is 9.69. The number of nitrogens with zero attached hydrogens (tertiary/aromatic N) is 1. The van der Waals surface area contributed by atoms with Gasteiger partial charge in [-0.05, 0) is 81.3 Å². The molecule has 4 aliphatic carbocycles. The van der Waals surface area contributed by atoms with Crippen molar-refractivity contribution >= 4 is 26.9 Å². The van der Waals surface area contributed by atoms with Gasteiger partial charge in [-0.3, -0.25) is 4.79 Å². The van der Waals surface area contributed by atoms with Gasteiger partial charge in [0.25, 0.3) is 0 Å². The highest BCUT2D eigenvalue weighted by Crippen LogP contribution is 2.67. The minimum absolute atomic E-state index is 0.0916. The molecule has 1 aromatic heterocycles. The maximum atomic E-state index is 14.7. The number of fused-ring (bicyclic) bond motifs is 5. The Labute approximate surface area is 263 Å². The topological polar surface area (TPSA) is 88.7 Å². The van der Waals surface area contributed by atoms with E-state index in [1.807, 2.05) is 23.4 Å². The largest absolute Gasteiger partial charge is 0.462 e. The molecule has 0 spiro atoms. The van der Waals surface area contributed by atoms with Crippen LogP contribution in [0.2, 0.25) is 0 Å². The Hall–Kier alpha value is -1.90. The molecule has 1 N–H and O–H groups in total. The van der Waals surface area contributed by atoms with Gasteiger partial charge in [0.1, 0.15) is 11.7 Å². The van der Waals surface area contributed by atoms with Gasteiger partial charge >= 0.3 is 5.97 Å². The number of nitrogens with one attached hydrogen (secondary N) is 1. The molecule has 2 aromatic rings. The highest BCUT2D eigenvalue weighted by Gasteiger charge is 2.67. The van der Waals surface area contributed by atoms with E-state index in [2.05, 4.69) is 31.0 Å². The summed E-state index contributed by atoms with van der Waals surface area (Å²) in [6.07, 6.45) is 13.8. The lowest BCUT2D eigenvalue weighted by Crippen LogP contribution is -2.54. The van der Waals surface area contributed by atoms with Crippen molar-refractivity contribution in [1.82, 2.24) is 9.29 Å². The second kappa shape index (κ2) is 11.4. The minimum atomic E-state index is -3.57. The van der Waals surface area contributed by atoms with Crippen molar-refractivity contribution in [2.24, 2.45) is 16.7 Å². The average Bonchev–Trinajstić information content (AvgIpc) is 3.56. The molecule has 4 atom stereocenters. The van der Waals surface area contributed by atoms with Crippen molar-refractivity contribution in [1.29, 1.82) is 0 Å². The van der Waals surface area contributed by atoms with Gasteiger partial charge in [0.2, 0.25) is 10.0 Å². The number of aromatic nitrogens is 1. The molecule has 1 aliphatic heterocycles. The Bertz CT molecular complexity index is 1470. The monoisotopic (exact) mass is 624 g/mol. The van der Waals surface area contributed by atoms with E-state index in [1.54, 1.807) is 0 Å². The predicted octanol–water partition coefficient (Wildman–Crippen LogP) is 7.38. The van der Waals surface area contributed by atoms with Crippen molar-refractivity contribution < 1.29 is 22.7 Å². The third kappa shape index (κ3) is 5.06. The summed E-state index contributed by atoms with van der Waals surface area (Å²) < 4.78 is 44.2. The molecule has 7 nitrogen and oxygen atoms in total. The zero-order valence-electron chi connectivity index (χ0n) is 27.0. The highest BCUT2D eigenvalue weighted by molar-refractivity contribution is 7.89. The summed E-state index contributed by atoms with van der Waals surface area (Å²) in [5.74, 6) is 0.157. The number of sulfonamides is 1. The van der Waals surface area contributed by atoms with Crippen LogP contribution in [-0.2, 0) is 36.3 Å². The fourth-order valence-corrected chi connectivity index (χ4v) is 13.1. The molecule has 8 heteroatoms. The number of para-hydroxylation sites is 1. The predicted molar refractivity (Wildman–Crippen MR) is 173 cm³/mol. The summed E-state index contributed by atoms with van der Waals surface area (Å²) in [6.45, 7) is 7.01. The molecular weight excluding hydrogens is 572 g/mol. The van der Waals surface area contributed by atoms with E-state index in [0.717, 1.165) is 88.3 Å². The normalized spacial score (nSPS) is 32.7. The molecular formula is C36H52N2O5S. The molecule has 2 heterocycles. The molecule has 4 saturated carbocycles. The first-order valence-electron chi connectivity index (χ1n) is 17.5. The third-order valence-corrected chi connectivity index (χ3v) is 15.0. The number of hydrogen-bond acceptors (Lipinski definition) is 5. The molecule has 5 aliphatic rings. The molecule has 1 aromatic carbocycles. The van der Waals surface area contributed by atoms with Gasteiger partial charge in [-0.25, -0.2) is 8.42 Å². The zero-order chi connectivity index (χ0) is 30.7.